The fourth-order valence-corrected chi connectivity index (χ4v) is 8.47. The minimum atomic E-state index is -1.17. The number of hydrogen-bond donors (Lipinski definition) is 3. The molecule has 0 aliphatic heterocycles. The zero-order chi connectivity index (χ0) is 27.1. The molecule has 1 aromatic carbocycles. The number of phenols is 1. The molecule has 1 aromatic rings. The number of carbonyl (C=O) groups is 2. The summed E-state index contributed by atoms with van der Waals surface area (Å²) in [6.07, 6.45) is 10.3. The molecule has 0 spiro atoms. The summed E-state index contributed by atoms with van der Waals surface area (Å²) in [5.41, 5.74) is 2.03. The van der Waals surface area contributed by atoms with Crippen molar-refractivity contribution in [2.75, 3.05) is 13.2 Å². The third-order valence-corrected chi connectivity index (χ3v) is 10.8. The van der Waals surface area contributed by atoms with Gasteiger partial charge in [0.1, 0.15) is 11.4 Å². The molecule has 4 aliphatic carbocycles. The standard InChI is InChI=1S/C31H42N2O5/c1-20(34)31(37)16-12-27-25-9-6-22-18-23(10-14-29(22,2)26(25)11-15-30(27,31)3)33-38-19-28(36)32-17-13-21-4-7-24(35)8-5-21/h4-5,7-8,18,25-27,35,37H,6,9-17,19H2,1-3H3,(H,32,36)/b33-23+/t25-,26+,27+,29-,30-,31+/m0/s1. The lowest BCUT2D eigenvalue weighted by atomic mass is 9.46. The Morgan fingerprint density at radius 2 is 1.79 bits per heavy atom. The van der Waals surface area contributed by atoms with Crippen LogP contribution in [0.3, 0.4) is 0 Å². The van der Waals surface area contributed by atoms with Crippen molar-refractivity contribution in [2.45, 2.75) is 84.2 Å². The quantitative estimate of drug-likeness (QED) is 0.450. The van der Waals surface area contributed by atoms with E-state index in [0.29, 0.717) is 37.1 Å². The molecular weight excluding hydrogens is 480 g/mol. The van der Waals surface area contributed by atoms with Crippen LogP contribution in [-0.2, 0) is 20.8 Å². The van der Waals surface area contributed by atoms with E-state index < -0.39 is 5.60 Å². The normalized spacial score (nSPS) is 37.0. The van der Waals surface area contributed by atoms with Crippen molar-refractivity contribution in [3.63, 3.8) is 0 Å². The summed E-state index contributed by atoms with van der Waals surface area (Å²) < 4.78 is 0. The molecule has 0 radical (unpaired) electrons. The lowest BCUT2D eigenvalue weighted by Crippen LogP contribution is -2.57. The van der Waals surface area contributed by atoms with Gasteiger partial charge in [-0.2, -0.15) is 0 Å². The van der Waals surface area contributed by atoms with E-state index in [2.05, 4.69) is 30.4 Å². The van der Waals surface area contributed by atoms with E-state index >= 15 is 0 Å². The van der Waals surface area contributed by atoms with Crippen LogP contribution in [0.2, 0.25) is 0 Å². The van der Waals surface area contributed by atoms with Crippen LogP contribution in [0.5, 0.6) is 5.75 Å². The number of allylic oxidation sites excluding steroid dienone is 2. The van der Waals surface area contributed by atoms with Crippen LogP contribution in [0.15, 0.2) is 41.1 Å². The number of nitrogens with one attached hydrogen (secondary N) is 1. The molecule has 3 N–H and O–H groups in total. The molecule has 6 atom stereocenters. The first-order valence-electron chi connectivity index (χ1n) is 14.2. The number of amides is 1. The van der Waals surface area contributed by atoms with Crippen molar-refractivity contribution < 1.29 is 24.6 Å². The third kappa shape index (κ3) is 4.57. The average molecular weight is 523 g/mol. The van der Waals surface area contributed by atoms with Gasteiger partial charge in [-0.3, -0.25) is 9.59 Å². The minimum absolute atomic E-state index is 0.0619. The Morgan fingerprint density at radius 1 is 1.05 bits per heavy atom. The number of benzene rings is 1. The van der Waals surface area contributed by atoms with Crippen molar-refractivity contribution in [1.29, 1.82) is 0 Å². The highest BCUT2D eigenvalue weighted by Gasteiger charge is 2.65. The molecule has 0 unspecified atom stereocenters. The highest BCUT2D eigenvalue weighted by atomic mass is 16.6. The maximum atomic E-state index is 12.4. The van der Waals surface area contributed by atoms with E-state index in [-0.39, 0.29) is 34.9 Å². The van der Waals surface area contributed by atoms with Crippen LogP contribution in [-0.4, -0.2) is 46.4 Å². The molecule has 7 heteroatoms. The summed E-state index contributed by atoms with van der Waals surface area (Å²) >= 11 is 0. The predicted octanol–water partition coefficient (Wildman–Crippen LogP) is 4.71. The molecule has 38 heavy (non-hydrogen) atoms. The number of rotatable bonds is 7. The zero-order valence-corrected chi connectivity index (χ0v) is 23.0. The van der Waals surface area contributed by atoms with Crippen molar-refractivity contribution in [2.24, 2.45) is 33.7 Å². The van der Waals surface area contributed by atoms with Gasteiger partial charge in [-0.05, 0) is 112 Å². The van der Waals surface area contributed by atoms with E-state index in [1.54, 1.807) is 19.1 Å². The predicted molar refractivity (Wildman–Crippen MR) is 146 cm³/mol. The van der Waals surface area contributed by atoms with Crippen molar-refractivity contribution in [3.8, 4) is 5.75 Å². The van der Waals surface area contributed by atoms with Gasteiger partial charge < -0.3 is 20.4 Å². The van der Waals surface area contributed by atoms with E-state index in [4.69, 9.17) is 4.84 Å². The van der Waals surface area contributed by atoms with Crippen molar-refractivity contribution in [1.82, 2.24) is 5.32 Å². The van der Waals surface area contributed by atoms with Gasteiger partial charge in [0.25, 0.3) is 5.91 Å². The first-order valence-corrected chi connectivity index (χ1v) is 14.2. The molecule has 7 nitrogen and oxygen atoms in total. The molecule has 4 aliphatic rings. The van der Waals surface area contributed by atoms with E-state index in [9.17, 15) is 19.8 Å². The fraction of sp³-hybridized carbons (Fsp3) is 0.645. The minimum Gasteiger partial charge on any atom is -0.508 e. The van der Waals surface area contributed by atoms with Gasteiger partial charge in [-0.1, -0.05) is 36.7 Å². The molecule has 3 saturated carbocycles. The van der Waals surface area contributed by atoms with Gasteiger partial charge in [-0.25, -0.2) is 0 Å². The monoisotopic (exact) mass is 522 g/mol. The molecule has 1 amide bonds. The van der Waals surface area contributed by atoms with Gasteiger partial charge in [0.05, 0.1) is 5.71 Å². The number of carbonyl (C=O) groups excluding carboxylic acids is 2. The maximum absolute atomic E-state index is 12.4. The highest BCUT2D eigenvalue weighted by Crippen LogP contribution is 2.67. The smallest absolute Gasteiger partial charge is 0.260 e. The third-order valence-electron chi connectivity index (χ3n) is 10.8. The Kier molecular flexibility index (Phi) is 7.18. The number of phenolic OH excluding ortho intramolecular Hbond substituents is 1. The van der Waals surface area contributed by atoms with Crippen LogP contribution in [0.1, 0.15) is 77.7 Å². The summed E-state index contributed by atoms with van der Waals surface area (Å²) in [5.74, 6) is 1.48. The summed E-state index contributed by atoms with van der Waals surface area (Å²) in [7, 11) is 0. The van der Waals surface area contributed by atoms with Crippen molar-refractivity contribution >= 4 is 17.4 Å². The SMILES string of the molecule is CC(=O)[C@]1(O)CC[C@@H]2[C@H]3CCC4=C/C(=N/OCC(=O)NCCc5ccc(O)cc5)CC[C@]4(C)[C@@H]3CC[C@@]21C. The Bertz CT molecular complexity index is 1140. The molecule has 0 bridgehead atoms. The Morgan fingerprint density at radius 3 is 2.53 bits per heavy atom. The first-order chi connectivity index (χ1) is 18.1. The Labute approximate surface area is 225 Å². The highest BCUT2D eigenvalue weighted by molar-refractivity contribution is 5.96. The number of nitrogens with zero attached hydrogens (tertiary/aromatic N) is 1. The molecule has 0 aromatic heterocycles. The number of aromatic hydroxyl groups is 1. The number of ketones is 1. The molecule has 0 saturated heterocycles. The topological polar surface area (TPSA) is 108 Å². The van der Waals surface area contributed by atoms with Gasteiger partial charge >= 0.3 is 0 Å². The molecular formula is C31H42N2O5. The second-order valence-corrected chi connectivity index (χ2v) is 12.5. The summed E-state index contributed by atoms with van der Waals surface area (Å²) in [5, 5.41) is 27.9. The number of hydrogen-bond acceptors (Lipinski definition) is 6. The van der Waals surface area contributed by atoms with Gasteiger partial charge in [-0.15, -0.1) is 0 Å². The van der Waals surface area contributed by atoms with E-state index in [1.807, 2.05) is 12.1 Å². The summed E-state index contributed by atoms with van der Waals surface area (Å²) in [6, 6.07) is 6.96. The molecule has 206 valence electrons. The average Bonchev–Trinajstić information content (AvgIpc) is 3.17. The molecule has 5 rings (SSSR count). The lowest BCUT2D eigenvalue weighted by molar-refractivity contribution is -0.159. The van der Waals surface area contributed by atoms with Crippen LogP contribution in [0, 0.1) is 28.6 Å². The van der Waals surface area contributed by atoms with Crippen LogP contribution in [0.25, 0.3) is 0 Å². The van der Waals surface area contributed by atoms with Crippen LogP contribution >= 0.6 is 0 Å². The van der Waals surface area contributed by atoms with Crippen LogP contribution in [0.4, 0.5) is 0 Å². The first kappa shape index (κ1) is 26.9. The molecule has 3 fully saturated rings. The number of oxime groups is 1. The van der Waals surface area contributed by atoms with Gasteiger partial charge in [0, 0.05) is 12.0 Å². The summed E-state index contributed by atoms with van der Waals surface area (Å²) in [4.78, 5) is 30.0. The largest absolute Gasteiger partial charge is 0.508 e. The molecule has 0 heterocycles. The lowest BCUT2D eigenvalue weighted by Gasteiger charge is -2.59. The second-order valence-electron chi connectivity index (χ2n) is 12.5. The Hall–Kier alpha value is -2.67. The number of aliphatic hydroxyl groups is 1. The maximum Gasteiger partial charge on any atom is 0.260 e. The van der Waals surface area contributed by atoms with Gasteiger partial charge in [0.2, 0.25) is 0 Å². The van der Waals surface area contributed by atoms with Crippen LogP contribution < -0.4 is 5.32 Å². The van der Waals surface area contributed by atoms with E-state index in [1.165, 1.54) is 5.57 Å². The zero-order valence-electron chi connectivity index (χ0n) is 23.0. The number of fused-ring (bicyclic) bond motifs is 5. The fourth-order valence-electron chi connectivity index (χ4n) is 8.47. The summed E-state index contributed by atoms with van der Waals surface area (Å²) in [6.45, 7) is 6.53. The van der Waals surface area contributed by atoms with E-state index in [0.717, 1.165) is 56.2 Å². The second kappa shape index (κ2) is 10.1. The van der Waals surface area contributed by atoms with Gasteiger partial charge in [0.15, 0.2) is 12.4 Å². The van der Waals surface area contributed by atoms with Crippen molar-refractivity contribution in [3.05, 3.63) is 41.5 Å². The Balaban J connectivity index is 1.16. The number of Topliss-reactive ketones (excluding diaryl/α,β-unsaturated/α-hetero) is 1.